The van der Waals surface area contributed by atoms with Crippen molar-refractivity contribution >= 4 is 17.7 Å². The molecule has 0 heterocycles. The highest BCUT2D eigenvalue weighted by molar-refractivity contribution is 5.94. The molecule has 0 aliphatic heterocycles. The summed E-state index contributed by atoms with van der Waals surface area (Å²) in [4.78, 5) is 23.8. The Morgan fingerprint density at radius 3 is 2.71 bits per heavy atom. The molecule has 0 fully saturated rings. The van der Waals surface area contributed by atoms with Gasteiger partial charge >= 0.3 is 5.97 Å². The maximum Gasteiger partial charge on any atom is 0.340 e. The van der Waals surface area contributed by atoms with Crippen molar-refractivity contribution in [2.75, 3.05) is 0 Å². The average molecular weight is 195 g/mol. The van der Waals surface area contributed by atoms with Gasteiger partial charge in [0.25, 0.3) is 0 Å². The zero-order valence-electron chi connectivity index (χ0n) is 7.24. The van der Waals surface area contributed by atoms with Gasteiger partial charge in [0.15, 0.2) is 0 Å². The first-order chi connectivity index (χ1) is 6.57. The normalized spacial score (nSPS) is 9.29. The van der Waals surface area contributed by atoms with E-state index in [0.717, 1.165) is 6.07 Å². The monoisotopic (exact) mass is 195 g/mol. The molecule has 0 aromatic heterocycles. The van der Waals surface area contributed by atoms with Crippen LogP contribution < -0.4 is 0 Å². The molecular weight excluding hydrogens is 189 g/mol. The van der Waals surface area contributed by atoms with E-state index in [1.807, 2.05) is 0 Å². The number of benzene rings is 1. The number of hydrogen-bond donors (Lipinski definition) is 1. The topological polar surface area (TPSA) is 66.7 Å². The molecule has 1 N–H and O–H groups in total. The van der Waals surface area contributed by atoms with Gasteiger partial charge in [-0.1, -0.05) is 6.07 Å². The SMILES string of the molecule is Cc1ccc(F)c(C(=O)O)c1N=C=O. The first-order valence-corrected chi connectivity index (χ1v) is 3.68. The summed E-state index contributed by atoms with van der Waals surface area (Å²) < 4.78 is 13.0. The van der Waals surface area contributed by atoms with Crippen LogP contribution in [0.5, 0.6) is 0 Å². The Labute approximate surface area is 78.7 Å². The number of hydrogen-bond acceptors (Lipinski definition) is 3. The summed E-state index contributed by atoms with van der Waals surface area (Å²) in [6, 6.07) is 2.36. The van der Waals surface area contributed by atoms with Gasteiger partial charge in [0.05, 0.1) is 5.69 Å². The lowest BCUT2D eigenvalue weighted by Gasteiger charge is -2.03. The highest BCUT2D eigenvalue weighted by atomic mass is 19.1. The molecule has 14 heavy (non-hydrogen) atoms. The maximum atomic E-state index is 13.0. The summed E-state index contributed by atoms with van der Waals surface area (Å²) in [7, 11) is 0. The number of carbonyl (C=O) groups is 1. The van der Waals surface area contributed by atoms with Crippen LogP contribution in [0.25, 0.3) is 0 Å². The number of rotatable bonds is 2. The van der Waals surface area contributed by atoms with Crippen LogP contribution in [-0.2, 0) is 4.79 Å². The van der Waals surface area contributed by atoms with Crippen LogP contribution in [-0.4, -0.2) is 17.2 Å². The minimum Gasteiger partial charge on any atom is -0.478 e. The summed E-state index contributed by atoms with van der Waals surface area (Å²) in [6.45, 7) is 1.53. The summed E-state index contributed by atoms with van der Waals surface area (Å²) in [6.07, 6.45) is 1.19. The van der Waals surface area contributed by atoms with E-state index in [1.165, 1.54) is 19.1 Å². The molecule has 72 valence electrons. The molecule has 5 heteroatoms. The lowest BCUT2D eigenvalue weighted by Crippen LogP contribution is -2.02. The van der Waals surface area contributed by atoms with Gasteiger partial charge in [0.2, 0.25) is 6.08 Å². The molecule has 1 rings (SSSR count). The smallest absolute Gasteiger partial charge is 0.340 e. The van der Waals surface area contributed by atoms with Crippen molar-refractivity contribution in [3.05, 3.63) is 29.1 Å². The predicted octanol–water partition coefficient (Wildman–Crippen LogP) is 1.80. The molecule has 0 amide bonds. The Bertz CT molecular complexity index is 409. The number of aromatic carboxylic acids is 1. The highest BCUT2D eigenvalue weighted by Gasteiger charge is 2.17. The highest BCUT2D eigenvalue weighted by Crippen LogP contribution is 2.25. The average Bonchev–Trinajstić information content (AvgIpc) is 2.11. The second kappa shape index (κ2) is 3.81. The van der Waals surface area contributed by atoms with Crippen LogP contribution in [0.4, 0.5) is 10.1 Å². The fourth-order valence-electron chi connectivity index (χ4n) is 1.06. The molecule has 0 saturated heterocycles. The summed E-state index contributed by atoms with van der Waals surface area (Å²) in [5, 5.41) is 8.67. The number of halogens is 1. The Hall–Kier alpha value is -2.00. The quantitative estimate of drug-likeness (QED) is 0.577. The molecule has 0 atom stereocenters. The van der Waals surface area contributed by atoms with Crippen molar-refractivity contribution in [1.82, 2.24) is 0 Å². The van der Waals surface area contributed by atoms with Crippen molar-refractivity contribution in [3.63, 3.8) is 0 Å². The van der Waals surface area contributed by atoms with Crippen molar-refractivity contribution in [1.29, 1.82) is 0 Å². The lowest BCUT2D eigenvalue weighted by molar-refractivity contribution is 0.0693. The zero-order chi connectivity index (χ0) is 10.7. The summed E-state index contributed by atoms with van der Waals surface area (Å²) >= 11 is 0. The second-order valence-electron chi connectivity index (χ2n) is 2.60. The Balaban J connectivity index is 3.57. The summed E-state index contributed by atoms with van der Waals surface area (Å²) in [5.41, 5.74) is -0.381. The van der Waals surface area contributed by atoms with Crippen LogP contribution in [0.15, 0.2) is 17.1 Å². The van der Waals surface area contributed by atoms with Gasteiger partial charge in [-0.25, -0.2) is 14.0 Å². The van der Waals surface area contributed by atoms with Crippen LogP contribution in [0, 0.1) is 12.7 Å². The van der Waals surface area contributed by atoms with Crippen molar-refractivity contribution in [3.8, 4) is 0 Å². The number of carbonyl (C=O) groups excluding carboxylic acids is 1. The minimum absolute atomic E-state index is 0.187. The zero-order valence-corrected chi connectivity index (χ0v) is 7.24. The Morgan fingerprint density at radius 2 is 2.21 bits per heavy atom. The minimum atomic E-state index is -1.46. The molecule has 0 saturated carbocycles. The van der Waals surface area contributed by atoms with Crippen LogP contribution in [0.3, 0.4) is 0 Å². The fourth-order valence-corrected chi connectivity index (χ4v) is 1.06. The lowest BCUT2D eigenvalue weighted by atomic mass is 10.1. The molecule has 1 aromatic carbocycles. The second-order valence-corrected chi connectivity index (χ2v) is 2.60. The van der Waals surface area contributed by atoms with Crippen molar-refractivity contribution < 1.29 is 19.1 Å². The third kappa shape index (κ3) is 1.67. The number of nitrogens with zero attached hydrogens (tertiary/aromatic N) is 1. The Kier molecular flexibility index (Phi) is 2.74. The van der Waals surface area contributed by atoms with Crippen molar-refractivity contribution in [2.45, 2.75) is 6.92 Å². The Morgan fingerprint density at radius 1 is 1.57 bits per heavy atom. The standard InChI is InChI=1S/C9H6FNO3/c1-5-2-3-6(10)7(9(13)14)8(5)11-4-12/h2-3H,1H3,(H,13,14). The van der Waals surface area contributed by atoms with Crippen LogP contribution in [0.1, 0.15) is 15.9 Å². The van der Waals surface area contributed by atoms with Crippen molar-refractivity contribution in [2.24, 2.45) is 4.99 Å². The number of carboxylic acids is 1. The molecule has 0 bridgehead atoms. The first kappa shape index (κ1) is 10.1. The van der Waals surface area contributed by atoms with E-state index >= 15 is 0 Å². The van der Waals surface area contributed by atoms with Gasteiger partial charge in [-0.2, -0.15) is 4.99 Å². The van der Waals surface area contributed by atoms with E-state index in [1.54, 1.807) is 0 Å². The largest absolute Gasteiger partial charge is 0.478 e. The van der Waals surface area contributed by atoms with E-state index in [-0.39, 0.29) is 5.69 Å². The van der Waals surface area contributed by atoms with E-state index < -0.39 is 17.3 Å². The van der Waals surface area contributed by atoms with Crippen LogP contribution >= 0.6 is 0 Å². The number of isocyanates is 1. The van der Waals surface area contributed by atoms with Gasteiger partial charge in [-0.15, -0.1) is 0 Å². The van der Waals surface area contributed by atoms with Gasteiger partial charge < -0.3 is 5.11 Å². The van der Waals surface area contributed by atoms with Crippen LogP contribution in [0.2, 0.25) is 0 Å². The fraction of sp³-hybridized carbons (Fsp3) is 0.111. The first-order valence-electron chi connectivity index (χ1n) is 3.68. The van der Waals surface area contributed by atoms with Gasteiger partial charge in [0, 0.05) is 0 Å². The maximum absolute atomic E-state index is 13.0. The van der Waals surface area contributed by atoms with Gasteiger partial charge in [-0.3, -0.25) is 0 Å². The number of aryl methyl sites for hydroxylation is 1. The molecule has 1 aromatic rings. The van der Waals surface area contributed by atoms with Gasteiger partial charge in [0.1, 0.15) is 11.4 Å². The molecular formula is C9H6FNO3. The van der Waals surface area contributed by atoms with E-state index in [9.17, 15) is 14.0 Å². The van der Waals surface area contributed by atoms with E-state index in [4.69, 9.17) is 5.11 Å². The molecule has 0 aliphatic carbocycles. The third-order valence-electron chi connectivity index (χ3n) is 1.70. The third-order valence-corrected chi connectivity index (χ3v) is 1.70. The van der Waals surface area contributed by atoms with E-state index in [2.05, 4.69) is 4.99 Å². The molecule has 0 aliphatic rings. The number of carboxylic acid groups (broad SMARTS) is 1. The predicted molar refractivity (Wildman–Crippen MR) is 45.9 cm³/mol. The molecule has 0 radical (unpaired) electrons. The summed E-state index contributed by atoms with van der Waals surface area (Å²) in [5.74, 6) is -2.38. The number of aliphatic imine (C=N–C) groups is 1. The van der Waals surface area contributed by atoms with Gasteiger partial charge in [-0.05, 0) is 18.6 Å². The van der Waals surface area contributed by atoms with E-state index in [0.29, 0.717) is 5.56 Å². The molecule has 4 nitrogen and oxygen atoms in total. The molecule has 0 unspecified atom stereocenters. The molecule has 0 spiro atoms.